The van der Waals surface area contributed by atoms with Crippen LogP contribution in [0.2, 0.25) is 0 Å². The van der Waals surface area contributed by atoms with Crippen molar-refractivity contribution in [2.24, 2.45) is 0 Å². The highest BCUT2D eigenvalue weighted by Crippen LogP contribution is 2.36. The Kier molecular flexibility index (Phi) is 7.02. The molecule has 3 aromatic rings. The normalized spacial score (nSPS) is 13.8. The summed E-state index contributed by atoms with van der Waals surface area (Å²) in [6, 6.07) is 5.89. The summed E-state index contributed by atoms with van der Waals surface area (Å²) < 4.78 is 12.7. The lowest BCUT2D eigenvalue weighted by Gasteiger charge is -2.27. The molecule has 11 heteroatoms. The van der Waals surface area contributed by atoms with Crippen molar-refractivity contribution in [2.45, 2.75) is 43.6 Å². The Balaban J connectivity index is 1.63. The minimum Gasteiger partial charge on any atom is -0.467 e. The molecule has 4 heterocycles. The van der Waals surface area contributed by atoms with E-state index in [0.29, 0.717) is 38.5 Å². The number of ether oxygens (including phenoxy) is 1. The van der Waals surface area contributed by atoms with E-state index in [1.807, 2.05) is 16.7 Å². The maximum atomic E-state index is 12.4. The predicted octanol–water partition coefficient (Wildman–Crippen LogP) is 3.89. The largest absolute Gasteiger partial charge is 0.467 e. The van der Waals surface area contributed by atoms with Gasteiger partial charge in [-0.15, -0.1) is 21.5 Å². The number of anilines is 2. The Hall–Kier alpha value is -2.97. The Morgan fingerprint density at radius 2 is 2.19 bits per heavy atom. The van der Waals surface area contributed by atoms with E-state index in [0.717, 1.165) is 49.0 Å². The highest BCUT2D eigenvalue weighted by atomic mass is 32.2. The van der Waals surface area contributed by atoms with Gasteiger partial charge in [0.1, 0.15) is 21.7 Å². The van der Waals surface area contributed by atoms with Gasteiger partial charge in [-0.25, -0.2) is 4.79 Å². The van der Waals surface area contributed by atoms with E-state index < -0.39 is 5.97 Å². The molecule has 1 aliphatic heterocycles. The van der Waals surface area contributed by atoms with Crippen LogP contribution >= 0.6 is 23.1 Å². The number of nitrogens with zero attached hydrogens (tertiary/aromatic N) is 5. The fourth-order valence-electron chi connectivity index (χ4n) is 3.66. The lowest BCUT2D eigenvalue weighted by atomic mass is 10.1. The summed E-state index contributed by atoms with van der Waals surface area (Å²) >= 11 is 2.50. The van der Waals surface area contributed by atoms with Crippen LogP contribution in [0.4, 0.5) is 10.9 Å². The minimum absolute atomic E-state index is 0.252. The van der Waals surface area contributed by atoms with Gasteiger partial charge in [0.25, 0.3) is 0 Å². The molecular formula is C21H24N6O3S2. The summed E-state index contributed by atoms with van der Waals surface area (Å²) in [6.07, 6.45) is 5.11. The number of esters is 1. The molecule has 4 rings (SSSR count). The number of aromatic nitrogens is 3. The SMILES string of the molecule is CCOC(=O)c1sc(N)c(C#N)c1CSc1nnc(N2CCCCC2)n1Cc1ccco1. The number of hydrogen-bond donors (Lipinski definition) is 1. The average molecular weight is 473 g/mol. The van der Waals surface area contributed by atoms with E-state index in [4.69, 9.17) is 14.9 Å². The molecule has 0 aromatic carbocycles. The fourth-order valence-corrected chi connectivity index (χ4v) is 5.64. The number of piperidine rings is 1. The second-order valence-electron chi connectivity index (χ2n) is 7.27. The van der Waals surface area contributed by atoms with Gasteiger partial charge in [-0.1, -0.05) is 11.8 Å². The van der Waals surface area contributed by atoms with Gasteiger partial charge in [-0.3, -0.25) is 4.57 Å². The van der Waals surface area contributed by atoms with Gasteiger partial charge in [0.15, 0.2) is 5.16 Å². The summed E-state index contributed by atoms with van der Waals surface area (Å²) in [5.41, 5.74) is 6.90. The molecule has 168 valence electrons. The van der Waals surface area contributed by atoms with E-state index >= 15 is 0 Å². The Morgan fingerprint density at radius 1 is 1.38 bits per heavy atom. The van der Waals surface area contributed by atoms with E-state index in [1.54, 1.807) is 13.2 Å². The molecule has 0 atom stereocenters. The first-order valence-corrected chi connectivity index (χ1v) is 12.2. The first-order valence-electron chi connectivity index (χ1n) is 10.4. The second kappa shape index (κ2) is 10.1. The number of carbonyl (C=O) groups excluding carboxylic acids is 1. The van der Waals surface area contributed by atoms with Gasteiger partial charge in [0.2, 0.25) is 5.95 Å². The van der Waals surface area contributed by atoms with Crippen LogP contribution in [0.1, 0.15) is 52.7 Å². The maximum Gasteiger partial charge on any atom is 0.348 e. The number of nitrogen functional groups attached to an aromatic ring is 1. The minimum atomic E-state index is -0.465. The zero-order valence-electron chi connectivity index (χ0n) is 17.7. The van der Waals surface area contributed by atoms with E-state index in [-0.39, 0.29) is 6.61 Å². The van der Waals surface area contributed by atoms with Crippen molar-refractivity contribution in [3.8, 4) is 6.07 Å². The molecule has 0 saturated carbocycles. The van der Waals surface area contributed by atoms with Gasteiger partial charge in [0.05, 0.1) is 25.0 Å². The third-order valence-electron chi connectivity index (χ3n) is 5.18. The topological polar surface area (TPSA) is 123 Å². The molecule has 1 aliphatic rings. The second-order valence-corrected chi connectivity index (χ2v) is 9.26. The summed E-state index contributed by atoms with van der Waals surface area (Å²) in [4.78, 5) is 15.0. The zero-order valence-corrected chi connectivity index (χ0v) is 19.4. The number of thiophene rings is 1. The Labute approximate surface area is 194 Å². The van der Waals surface area contributed by atoms with Gasteiger partial charge < -0.3 is 19.8 Å². The number of carbonyl (C=O) groups is 1. The number of thioether (sulfide) groups is 1. The van der Waals surface area contributed by atoms with Crippen molar-refractivity contribution in [3.63, 3.8) is 0 Å². The Morgan fingerprint density at radius 3 is 2.88 bits per heavy atom. The maximum absolute atomic E-state index is 12.4. The standard InChI is InChI=1S/C21H24N6O3S2/c1-2-29-19(28)17-16(15(11-22)18(23)32-17)13-31-21-25-24-20(26-8-4-3-5-9-26)27(21)12-14-7-6-10-30-14/h6-7,10H,2-5,8-9,12-13,23H2,1H3. The van der Waals surface area contributed by atoms with E-state index in [9.17, 15) is 10.1 Å². The highest BCUT2D eigenvalue weighted by molar-refractivity contribution is 7.98. The smallest absolute Gasteiger partial charge is 0.348 e. The van der Waals surface area contributed by atoms with Crippen LogP contribution in [0, 0.1) is 11.3 Å². The van der Waals surface area contributed by atoms with Gasteiger partial charge in [-0.2, -0.15) is 5.26 Å². The first kappa shape index (κ1) is 22.2. The average Bonchev–Trinajstić information content (AvgIpc) is 3.53. The number of nitrogens with two attached hydrogens (primary N) is 1. The quantitative estimate of drug-likeness (QED) is 0.384. The molecule has 0 radical (unpaired) electrons. The molecular weight excluding hydrogens is 448 g/mol. The van der Waals surface area contributed by atoms with Crippen LogP contribution in [0.5, 0.6) is 0 Å². The van der Waals surface area contributed by atoms with Crippen LogP contribution in [-0.2, 0) is 17.0 Å². The molecule has 0 amide bonds. The summed E-state index contributed by atoms with van der Waals surface area (Å²) in [7, 11) is 0. The van der Waals surface area contributed by atoms with Crippen molar-refractivity contribution < 1.29 is 13.9 Å². The summed E-state index contributed by atoms with van der Waals surface area (Å²) in [5.74, 6) is 1.49. The van der Waals surface area contributed by atoms with E-state index in [1.165, 1.54) is 18.2 Å². The van der Waals surface area contributed by atoms with Crippen molar-refractivity contribution >= 4 is 40.0 Å². The molecule has 0 bridgehead atoms. The molecule has 9 nitrogen and oxygen atoms in total. The lowest BCUT2D eigenvalue weighted by Crippen LogP contribution is -2.32. The lowest BCUT2D eigenvalue weighted by molar-refractivity contribution is 0.0531. The van der Waals surface area contributed by atoms with Crippen LogP contribution < -0.4 is 10.6 Å². The predicted molar refractivity (Wildman–Crippen MR) is 123 cm³/mol. The van der Waals surface area contributed by atoms with Gasteiger partial charge in [0, 0.05) is 24.4 Å². The van der Waals surface area contributed by atoms with Gasteiger partial charge >= 0.3 is 5.97 Å². The number of furan rings is 1. The molecule has 0 unspecified atom stereocenters. The number of hydrogen-bond acceptors (Lipinski definition) is 10. The third-order valence-corrected chi connectivity index (χ3v) is 7.22. The summed E-state index contributed by atoms with van der Waals surface area (Å²) in [5, 5.41) is 19.5. The van der Waals surface area contributed by atoms with Crippen molar-refractivity contribution in [1.82, 2.24) is 14.8 Å². The third kappa shape index (κ3) is 4.61. The van der Waals surface area contributed by atoms with Crippen LogP contribution in [0.25, 0.3) is 0 Å². The molecule has 1 fully saturated rings. The fraction of sp³-hybridized carbons (Fsp3) is 0.429. The van der Waals surface area contributed by atoms with Crippen molar-refractivity contribution in [1.29, 1.82) is 5.26 Å². The monoisotopic (exact) mass is 472 g/mol. The van der Waals surface area contributed by atoms with Crippen LogP contribution in [0.3, 0.4) is 0 Å². The highest BCUT2D eigenvalue weighted by Gasteiger charge is 2.25. The summed E-state index contributed by atoms with van der Waals surface area (Å²) in [6.45, 7) is 4.37. The number of rotatable bonds is 8. The molecule has 3 aromatic heterocycles. The Bertz CT molecular complexity index is 1110. The van der Waals surface area contributed by atoms with Crippen LogP contribution in [0.15, 0.2) is 28.0 Å². The van der Waals surface area contributed by atoms with E-state index in [2.05, 4.69) is 21.2 Å². The molecule has 0 spiro atoms. The van der Waals surface area contributed by atoms with Crippen molar-refractivity contribution in [2.75, 3.05) is 30.3 Å². The van der Waals surface area contributed by atoms with Gasteiger partial charge in [-0.05, 0) is 38.3 Å². The molecule has 32 heavy (non-hydrogen) atoms. The molecule has 0 aliphatic carbocycles. The zero-order chi connectivity index (χ0) is 22.5. The molecule has 1 saturated heterocycles. The van der Waals surface area contributed by atoms with Crippen LogP contribution in [-0.4, -0.2) is 40.4 Å². The van der Waals surface area contributed by atoms with Crippen molar-refractivity contribution in [3.05, 3.63) is 40.2 Å². The first-order chi connectivity index (χ1) is 15.6. The molecule has 2 N–H and O–H groups in total. The number of nitriles is 1.